The molecule has 0 spiro atoms. The van der Waals surface area contributed by atoms with Gasteiger partial charge < -0.3 is 15.0 Å². The van der Waals surface area contributed by atoms with Gasteiger partial charge in [0.15, 0.2) is 6.61 Å². The van der Waals surface area contributed by atoms with Gasteiger partial charge in [-0.05, 0) is 38.1 Å². The normalized spacial score (nSPS) is 17.6. The van der Waals surface area contributed by atoms with Crippen molar-refractivity contribution < 1.29 is 27.6 Å². The first-order valence-electron chi connectivity index (χ1n) is 7.63. The predicted molar refractivity (Wildman–Crippen MR) is 82.6 cm³/mol. The Morgan fingerprint density at radius 1 is 1.48 bits per heavy atom. The number of benzene rings is 1. The Morgan fingerprint density at radius 3 is 2.80 bits per heavy atom. The van der Waals surface area contributed by atoms with Gasteiger partial charge in [-0.15, -0.1) is 0 Å². The molecule has 0 saturated carbocycles. The highest BCUT2D eigenvalue weighted by Gasteiger charge is 2.32. The molecule has 1 aromatic rings. The van der Waals surface area contributed by atoms with Crippen molar-refractivity contribution in [3.63, 3.8) is 0 Å². The summed E-state index contributed by atoms with van der Waals surface area (Å²) in [5.74, 6) is -0.585. The van der Waals surface area contributed by atoms with Gasteiger partial charge in [-0.1, -0.05) is 0 Å². The van der Waals surface area contributed by atoms with Crippen molar-refractivity contribution in [2.45, 2.75) is 12.6 Å². The Labute approximate surface area is 141 Å². The summed E-state index contributed by atoms with van der Waals surface area (Å²) in [5.41, 5.74) is -0.726. The fourth-order valence-corrected chi connectivity index (χ4v) is 2.74. The number of halogens is 3. The van der Waals surface area contributed by atoms with Crippen LogP contribution in [0.25, 0.3) is 0 Å². The molecule has 1 unspecified atom stereocenters. The number of nitro benzene ring substituents is 1. The Hall–Kier alpha value is -2.36. The molecule has 1 aliphatic rings. The number of carbonyl (C=O) groups excluding carboxylic acids is 1. The van der Waals surface area contributed by atoms with Gasteiger partial charge in [-0.3, -0.25) is 14.9 Å². The third-order valence-electron chi connectivity index (χ3n) is 3.86. The van der Waals surface area contributed by atoms with E-state index in [1.807, 2.05) is 0 Å². The molecule has 138 valence electrons. The van der Waals surface area contributed by atoms with Gasteiger partial charge in [0.1, 0.15) is 11.3 Å². The fourth-order valence-electron chi connectivity index (χ4n) is 2.74. The maximum atomic E-state index is 12.6. The number of likely N-dealkylation sites (tertiary alicyclic amines) is 1. The number of hydrogen-bond donors (Lipinski definition) is 1. The van der Waals surface area contributed by atoms with Crippen LogP contribution in [0.3, 0.4) is 0 Å². The van der Waals surface area contributed by atoms with E-state index in [4.69, 9.17) is 0 Å². The van der Waals surface area contributed by atoms with E-state index in [1.165, 1.54) is 4.90 Å². The molecule has 1 fully saturated rings. The first-order valence-corrected chi connectivity index (χ1v) is 7.63. The van der Waals surface area contributed by atoms with Crippen LogP contribution in [0, 0.1) is 16.0 Å². The number of alkyl halides is 3. The Morgan fingerprint density at radius 2 is 2.20 bits per heavy atom. The van der Waals surface area contributed by atoms with Crippen molar-refractivity contribution in [1.29, 1.82) is 0 Å². The standard InChI is InChI=1S/C15H18F3N3O4/c1-19-7-10-4-5-20(8-10)14(22)12-6-11(25-9-15(16,17)18)2-3-13(12)21(23)24/h2-3,6,10,19H,4-5,7-9H2,1H3. The predicted octanol–water partition coefficient (Wildman–Crippen LogP) is 2.22. The van der Waals surface area contributed by atoms with E-state index in [0.29, 0.717) is 19.6 Å². The second kappa shape index (κ2) is 7.68. The van der Waals surface area contributed by atoms with Crippen LogP contribution in [0.2, 0.25) is 0 Å². The van der Waals surface area contributed by atoms with Crippen LogP contribution in [0.1, 0.15) is 16.8 Å². The Kier molecular flexibility index (Phi) is 5.83. The van der Waals surface area contributed by atoms with E-state index >= 15 is 0 Å². The molecule has 1 aliphatic heterocycles. The first-order chi connectivity index (χ1) is 11.7. The van der Waals surface area contributed by atoms with Crippen LogP contribution in [0.4, 0.5) is 18.9 Å². The number of carbonyl (C=O) groups is 1. The molecule has 1 amide bonds. The second-order valence-corrected chi connectivity index (χ2v) is 5.80. The van der Waals surface area contributed by atoms with Gasteiger partial charge in [-0.2, -0.15) is 13.2 Å². The zero-order chi connectivity index (χ0) is 18.6. The van der Waals surface area contributed by atoms with Crippen LogP contribution < -0.4 is 10.1 Å². The van der Waals surface area contributed by atoms with Gasteiger partial charge >= 0.3 is 6.18 Å². The van der Waals surface area contributed by atoms with Crippen molar-refractivity contribution in [2.75, 3.05) is 33.3 Å². The number of nitrogens with zero attached hydrogens (tertiary/aromatic N) is 2. The van der Waals surface area contributed by atoms with Gasteiger partial charge in [0.05, 0.1) is 4.92 Å². The number of rotatable bonds is 6. The molecule has 2 rings (SSSR count). The molecular weight excluding hydrogens is 343 g/mol. The van der Waals surface area contributed by atoms with E-state index in [1.54, 1.807) is 7.05 Å². The van der Waals surface area contributed by atoms with E-state index in [-0.39, 0.29) is 17.2 Å². The van der Waals surface area contributed by atoms with Gasteiger partial charge in [0.25, 0.3) is 11.6 Å². The molecule has 25 heavy (non-hydrogen) atoms. The lowest BCUT2D eigenvalue weighted by molar-refractivity contribution is -0.385. The molecule has 7 nitrogen and oxygen atoms in total. The van der Waals surface area contributed by atoms with Crippen molar-refractivity contribution in [3.05, 3.63) is 33.9 Å². The SMILES string of the molecule is CNCC1CCN(C(=O)c2cc(OCC(F)(F)F)ccc2[N+](=O)[O-])C1. The van der Waals surface area contributed by atoms with Crippen LogP contribution in [-0.4, -0.2) is 55.2 Å². The Bertz CT molecular complexity index is 651. The van der Waals surface area contributed by atoms with Crippen molar-refractivity contribution >= 4 is 11.6 Å². The molecule has 1 N–H and O–H groups in total. The third-order valence-corrected chi connectivity index (χ3v) is 3.86. The summed E-state index contributed by atoms with van der Waals surface area (Å²) in [6.07, 6.45) is -3.79. The zero-order valence-electron chi connectivity index (χ0n) is 13.5. The lowest BCUT2D eigenvalue weighted by atomic mass is 10.1. The number of ether oxygens (including phenoxy) is 1. The van der Waals surface area contributed by atoms with E-state index in [9.17, 15) is 28.1 Å². The minimum Gasteiger partial charge on any atom is -0.484 e. The molecular formula is C15H18F3N3O4. The highest BCUT2D eigenvalue weighted by molar-refractivity contribution is 5.98. The Balaban J connectivity index is 2.21. The van der Waals surface area contributed by atoms with Gasteiger partial charge in [0.2, 0.25) is 0 Å². The summed E-state index contributed by atoms with van der Waals surface area (Å²) in [4.78, 5) is 24.5. The van der Waals surface area contributed by atoms with E-state index in [2.05, 4.69) is 10.1 Å². The maximum absolute atomic E-state index is 12.6. The summed E-state index contributed by atoms with van der Waals surface area (Å²) < 4.78 is 41.4. The molecule has 1 aromatic carbocycles. The molecule has 1 atom stereocenters. The molecule has 1 heterocycles. The molecule has 0 aliphatic carbocycles. The van der Waals surface area contributed by atoms with Crippen molar-refractivity contribution in [2.24, 2.45) is 5.92 Å². The highest BCUT2D eigenvalue weighted by atomic mass is 19.4. The van der Waals surface area contributed by atoms with E-state index < -0.39 is 29.3 Å². The van der Waals surface area contributed by atoms with Gasteiger partial charge in [0, 0.05) is 19.2 Å². The van der Waals surface area contributed by atoms with Crippen molar-refractivity contribution in [3.8, 4) is 5.75 Å². The molecule has 10 heteroatoms. The summed E-state index contributed by atoms with van der Waals surface area (Å²) in [6.45, 7) is 0.0490. The molecule has 1 saturated heterocycles. The van der Waals surface area contributed by atoms with E-state index in [0.717, 1.165) is 24.6 Å². The average Bonchev–Trinajstić information content (AvgIpc) is 3.00. The summed E-state index contributed by atoms with van der Waals surface area (Å²) >= 11 is 0. The minimum atomic E-state index is -4.54. The molecule has 0 aromatic heterocycles. The summed E-state index contributed by atoms with van der Waals surface area (Å²) in [5, 5.41) is 14.1. The monoisotopic (exact) mass is 361 g/mol. The lowest BCUT2D eigenvalue weighted by Gasteiger charge is -2.17. The first kappa shape index (κ1) is 19.0. The van der Waals surface area contributed by atoms with Crippen LogP contribution in [-0.2, 0) is 0 Å². The minimum absolute atomic E-state index is 0.234. The largest absolute Gasteiger partial charge is 0.484 e. The van der Waals surface area contributed by atoms with Crippen LogP contribution >= 0.6 is 0 Å². The fraction of sp³-hybridized carbons (Fsp3) is 0.533. The number of amides is 1. The molecule has 0 radical (unpaired) electrons. The third kappa shape index (κ3) is 5.05. The topological polar surface area (TPSA) is 84.7 Å². The average molecular weight is 361 g/mol. The summed E-state index contributed by atoms with van der Waals surface area (Å²) in [6, 6.07) is 3.03. The van der Waals surface area contributed by atoms with Crippen LogP contribution in [0.5, 0.6) is 5.75 Å². The smallest absolute Gasteiger partial charge is 0.422 e. The van der Waals surface area contributed by atoms with Crippen LogP contribution in [0.15, 0.2) is 18.2 Å². The highest BCUT2D eigenvalue weighted by Crippen LogP contribution is 2.28. The number of nitro groups is 1. The number of nitrogens with one attached hydrogen (secondary N) is 1. The summed E-state index contributed by atoms with van der Waals surface area (Å²) in [7, 11) is 1.79. The second-order valence-electron chi connectivity index (χ2n) is 5.80. The lowest BCUT2D eigenvalue weighted by Crippen LogP contribution is -2.30. The molecule has 0 bridgehead atoms. The zero-order valence-corrected chi connectivity index (χ0v) is 13.5. The maximum Gasteiger partial charge on any atom is 0.422 e. The van der Waals surface area contributed by atoms with Gasteiger partial charge in [-0.25, -0.2) is 0 Å². The quantitative estimate of drug-likeness (QED) is 0.620. The number of hydrogen-bond acceptors (Lipinski definition) is 5. The van der Waals surface area contributed by atoms with Crippen molar-refractivity contribution in [1.82, 2.24) is 10.2 Å².